The Kier molecular flexibility index (Phi) is 3.97. The molecule has 3 rings (SSSR count). The average Bonchev–Trinajstić information content (AvgIpc) is 2.99. The standard InChI is InChI=1S/C17H15N3O3/c1-11-13(9-10-23-11)16(21)19-20-17(22)18-15-8-4-6-12-5-2-3-7-14(12)15/h2-10H,1H3,(H,19,21)(H2,18,20,22). The summed E-state index contributed by atoms with van der Waals surface area (Å²) < 4.78 is 5.05. The predicted octanol–water partition coefficient (Wildman–Crippen LogP) is 3.21. The first kappa shape index (κ1) is 14.6. The van der Waals surface area contributed by atoms with Crippen LogP contribution in [0.5, 0.6) is 0 Å². The number of urea groups is 1. The third kappa shape index (κ3) is 3.16. The predicted molar refractivity (Wildman–Crippen MR) is 87.0 cm³/mol. The third-order valence-corrected chi connectivity index (χ3v) is 3.43. The van der Waals surface area contributed by atoms with Gasteiger partial charge in [-0.2, -0.15) is 0 Å². The fourth-order valence-electron chi connectivity index (χ4n) is 2.29. The number of carbonyl (C=O) groups is 2. The van der Waals surface area contributed by atoms with Gasteiger partial charge in [-0.25, -0.2) is 10.2 Å². The maximum Gasteiger partial charge on any atom is 0.337 e. The van der Waals surface area contributed by atoms with E-state index in [9.17, 15) is 9.59 Å². The van der Waals surface area contributed by atoms with E-state index in [0.717, 1.165) is 10.8 Å². The van der Waals surface area contributed by atoms with Crippen molar-refractivity contribution in [1.82, 2.24) is 10.9 Å². The van der Waals surface area contributed by atoms with Crippen LogP contribution < -0.4 is 16.2 Å². The van der Waals surface area contributed by atoms with E-state index in [4.69, 9.17) is 4.42 Å². The summed E-state index contributed by atoms with van der Waals surface area (Å²) in [6, 6.07) is 14.3. The van der Waals surface area contributed by atoms with Crippen LogP contribution in [0.2, 0.25) is 0 Å². The lowest BCUT2D eigenvalue weighted by Crippen LogP contribution is -2.44. The van der Waals surface area contributed by atoms with Crippen LogP contribution in [-0.2, 0) is 0 Å². The van der Waals surface area contributed by atoms with Crippen LogP contribution in [0.15, 0.2) is 59.2 Å². The van der Waals surface area contributed by atoms with Gasteiger partial charge in [0.15, 0.2) is 0 Å². The molecule has 0 saturated heterocycles. The molecule has 0 spiro atoms. The number of hydrogen-bond acceptors (Lipinski definition) is 3. The monoisotopic (exact) mass is 309 g/mol. The quantitative estimate of drug-likeness (QED) is 0.636. The number of benzene rings is 2. The number of hydrogen-bond donors (Lipinski definition) is 3. The molecule has 1 aromatic heterocycles. The zero-order valence-electron chi connectivity index (χ0n) is 12.4. The lowest BCUT2D eigenvalue weighted by Gasteiger charge is -2.10. The lowest BCUT2D eigenvalue weighted by atomic mass is 10.1. The Hall–Kier alpha value is -3.28. The second kappa shape index (κ2) is 6.23. The SMILES string of the molecule is Cc1occc1C(=O)NNC(=O)Nc1cccc2ccccc12. The molecular weight excluding hydrogens is 294 g/mol. The van der Waals surface area contributed by atoms with Gasteiger partial charge in [-0.3, -0.25) is 10.2 Å². The summed E-state index contributed by atoms with van der Waals surface area (Å²) in [5, 5.41) is 4.65. The van der Waals surface area contributed by atoms with E-state index < -0.39 is 11.9 Å². The van der Waals surface area contributed by atoms with Crippen molar-refractivity contribution in [2.75, 3.05) is 5.32 Å². The molecule has 6 nitrogen and oxygen atoms in total. The molecule has 1 heterocycles. The normalized spacial score (nSPS) is 10.3. The Bertz CT molecular complexity index is 865. The van der Waals surface area contributed by atoms with Crippen LogP contribution in [-0.4, -0.2) is 11.9 Å². The average molecular weight is 309 g/mol. The van der Waals surface area contributed by atoms with E-state index in [1.54, 1.807) is 13.0 Å². The summed E-state index contributed by atoms with van der Waals surface area (Å²) in [6.45, 7) is 1.67. The molecule has 0 unspecified atom stereocenters. The Morgan fingerprint density at radius 1 is 0.957 bits per heavy atom. The first-order chi connectivity index (χ1) is 11.1. The Labute approximate surface area is 132 Å². The van der Waals surface area contributed by atoms with Crippen LogP contribution in [0.1, 0.15) is 16.1 Å². The largest absolute Gasteiger partial charge is 0.469 e. The van der Waals surface area contributed by atoms with Crippen LogP contribution in [0.4, 0.5) is 10.5 Å². The molecule has 0 bridgehead atoms. The Morgan fingerprint density at radius 2 is 1.74 bits per heavy atom. The number of amides is 3. The molecule has 0 aliphatic rings. The van der Waals surface area contributed by atoms with Gasteiger partial charge in [-0.15, -0.1) is 0 Å². The number of carbonyl (C=O) groups excluding carboxylic acids is 2. The number of hydrazine groups is 1. The summed E-state index contributed by atoms with van der Waals surface area (Å²) in [5.41, 5.74) is 5.69. The Morgan fingerprint density at radius 3 is 2.52 bits per heavy atom. The van der Waals surface area contributed by atoms with Crippen molar-refractivity contribution < 1.29 is 14.0 Å². The molecule has 0 radical (unpaired) electrons. The van der Waals surface area contributed by atoms with Crippen molar-refractivity contribution in [3.63, 3.8) is 0 Å². The molecule has 6 heteroatoms. The van der Waals surface area contributed by atoms with E-state index in [1.807, 2.05) is 36.4 Å². The maximum absolute atomic E-state index is 12.0. The van der Waals surface area contributed by atoms with Crippen LogP contribution in [0.3, 0.4) is 0 Å². The second-order valence-corrected chi connectivity index (χ2v) is 4.95. The fourth-order valence-corrected chi connectivity index (χ4v) is 2.29. The fraction of sp³-hybridized carbons (Fsp3) is 0.0588. The number of furan rings is 1. The summed E-state index contributed by atoms with van der Waals surface area (Å²) in [5.74, 6) is 0.0445. The van der Waals surface area contributed by atoms with Gasteiger partial charge < -0.3 is 9.73 Å². The first-order valence-corrected chi connectivity index (χ1v) is 7.04. The van der Waals surface area contributed by atoms with Gasteiger partial charge in [0.1, 0.15) is 5.76 Å². The van der Waals surface area contributed by atoms with E-state index in [1.165, 1.54) is 12.3 Å². The van der Waals surface area contributed by atoms with Gasteiger partial charge in [0, 0.05) is 5.39 Å². The van der Waals surface area contributed by atoms with Crippen LogP contribution >= 0.6 is 0 Å². The van der Waals surface area contributed by atoms with Crippen molar-refractivity contribution in [3.05, 3.63) is 66.1 Å². The number of rotatable bonds is 2. The van der Waals surface area contributed by atoms with E-state index in [0.29, 0.717) is 17.0 Å². The highest BCUT2D eigenvalue weighted by Crippen LogP contribution is 2.22. The van der Waals surface area contributed by atoms with Crippen molar-refractivity contribution in [1.29, 1.82) is 0 Å². The summed E-state index contributed by atoms with van der Waals surface area (Å²) in [7, 11) is 0. The minimum atomic E-state index is -0.532. The highest BCUT2D eigenvalue weighted by atomic mass is 16.3. The minimum Gasteiger partial charge on any atom is -0.469 e. The zero-order valence-corrected chi connectivity index (χ0v) is 12.4. The first-order valence-electron chi connectivity index (χ1n) is 7.04. The maximum atomic E-state index is 12.0. The van der Waals surface area contributed by atoms with E-state index in [-0.39, 0.29) is 0 Å². The highest BCUT2D eigenvalue weighted by Gasteiger charge is 2.12. The van der Waals surface area contributed by atoms with Gasteiger partial charge in [0.25, 0.3) is 5.91 Å². The lowest BCUT2D eigenvalue weighted by molar-refractivity contribution is 0.0936. The molecule has 23 heavy (non-hydrogen) atoms. The van der Waals surface area contributed by atoms with Crippen LogP contribution in [0.25, 0.3) is 10.8 Å². The number of aryl methyl sites for hydroxylation is 1. The van der Waals surface area contributed by atoms with Crippen LogP contribution in [0, 0.1) is 6.92 Å². The van der Waals surface area contributed by atoms with Gasteiger partial charge in [-0.1, -0.05) is 36.4 Å². The van der Waals surface area contributed by atoms with Crippen molar-refractivity contribution in [3.8, 4) is 0 Å². The zero-order chi connectivity index (χ0) is 16.2. The summed E-state index contributed by atoms with van der Waals surface area (Å²) in [6.07, 6.45) is 1.42. The highest BCUT2D eigenvalue weighted by molar-refractivity contribution is 6.02. The molecule has 3 amide bonds. The smallest absolute Gasteiger partial charge is 0.337 e. The van der Waals surface area contributed by atoms with Gasteiger partial charge >= 0.3 is 6.03 Å². The van der Waals surface area contributed by atoms with Crippen molar-refractivity contribution in [2.45, 2.75) is 6.92 Å². The molecule has 0 aliphatic heterocycles. The summed E-state index contributed by atoms with van der Waals surface area (Å²) >= 11 is 0. The van der Waals surface area contributed by atoms with E-state index >= 15 is 0 Å². The number of nitrogens with one attached hydrogen (secondary N) is 3. The van der Waals surface area contributed by atoms with Gasteiger partial charge in [0.2, 0.25) is 0 Å². The van der Waals surface area contributed by atoms with Crippen molar-refractivity contribution in [2.24, 2.45) is 0 Å². The molecule has 116 valence electrons. The molecule has 3 N–H and O–H groups in total. The molecular formula is C17H15N3O3. The molecule has 0 aliphatic carbocycles. The van der Waals surface area contributed by atoms with Gasteiger partial charge in [0.05, 0.1) is 17.5 Å². The third-order valence-electron chi connectivity index (χ3n) is 3.43. The number of anilines is 1. The number of fused-ring (bicyclic) bond motifs is 1. The molecule has 0 fully saturated rings. The topological polar surface area (TPSA) is 83.4 Å². The Balaban J connectivity index is 1.65. The molecule has 2 aromatic carbocycles. The molecule has 0 atom stereocenters. The van der Waals surface area contributed by atoms with Crippen molar-refractivity contribution >= 4 is 28.4 Å². The molecule has 3 aromatic rings. The molecule has 0 saturated carbocycles. The van der Waals surface area contributed by atoms with E-state index in [2.05, 4.69) is 16.2 Å². The minimum absolute atomic E-state index is 0.371. The summed E-state index contributed by atoms with van der Waals surface area (Å²) in [4.78, 5) is 23.8. The van der Waals surface area contributed by atoms with Gasteiger partial charge in [-0.05, 0) is 24.4 Å². The second-order valence-electron chi connectivity index (χ2n) is 4.95.